The fourth-order valence-electron chi connectivity index (χ4n) is 3.82. The topological polar surface area (TPSA) is 130 Å². The molecule has 3 rings (SSSR count). The number of carboxylic acid groups (broad SMARTS) is 1. The molecule has 1 atom stereocenters. The van der Waals surface area contributed by atoms with Crippen molar-refractivity contribution in [2.75, 3.05) is 14.2 Å². The van der Waals surface area contributed by atoms with Gasteiger partial charge in [-0.25, -0.2) is 0 Å². The van der Waals surface area contributed by atoms with E-state index < -0.39 is 11.9 Å². The molecule has 8 nitrogen and oxygen atoms in total. The molecule has 0 aliphatic rings. The SMILES string of the molecule is CC(C)Cc1ccc(C(C)C(=O)O)cc1.COc1cc(/C=C/C(=O)CC(=O)/C=C/c2ccc(O)c(OC)c2)ccc1O. The van der Waals surface area contributed by atoms with E-state index in [0.717, 1.165) is 12.0 Å². The van der Waals surface area contributed by atoms with E-state index in [1.165, 1.54) is 44.1 Å². The van der Waals surface area contributed by atoms with Crippen molar-refractivity contribution in [1.29, 1.82) is 0 Å². The average Bonchev–Trinajstić information content (AvgIpc) is 2.96. The smallest absolute Gasteiger partial charge is 0.310 e. The second-order valence-electron chi connectivity index (χ2n) is 10.0. The molecule has 0 amide bonds. The highest BCUT2D eigenvalue weighted by molar-refractivity contribution is 6.10. The zero-order valence-electron chi connectivity index (χ0n) is 24.5. The van der Waals surface area contributed by atoms with Crippen molar-refractivity contribution in [3.8, 4) is 23.0 Å². The van der Waals surface area contributed by atoms with Crippen LogP contribution in [0, 0.1) is 5.92 Å². The fraction of sp³-hybridized carbons (Fsp3) is 0.265. The number of phenols is 2. The fourth-order valence-corrected chi connectivity index (χ4v) is 3.82. The number of ketones is 2. The molecule has 3 aromatic carbocycles. The van der Waals surface area contributed by atoms with Gasteiger partial charge in [0.05, 0.1) is 26.6 Å². The second-order valence-corrected chi connectivity index (χ2v) is 10.0. The van der Waals surface area contributed by atoms with Crippen LogP contribution in [-0.2, 0) is 20.8 Å². The summed E-state index contributed by atoms with van der Waals surface area (Å²) < 4.78 is 10.00. The number of ether oxygens (including phenoxy) is 2. The molecule has 0 aromatic heterocycles. The minimum absolute atomic E-state index is 0.00662. The van der Waals surface area contributed by atoms with E-state index in [-0.39, 0.29) is 29.5 Å². The molecule has 3 N–H and O–H groups in total. The Balaban J connectivity index is 0.000000347. The minimum Gasteiger partial charge on any atom is -0.504 e. The summed E-state index contributed by atoms with van der Waals surface area (Å²) in [6.45, 7) is 6.06. The molecule has 0 spiro atoms. The van der Waals surface area contributed by atoms with Crippen LogP contribution in [0.3, 0.4) is 0 Å². The molecule has 0 saturated carbocycles. The lowest BCUT2D eigenvalue weighted by Gasteiger charge is -2.09. The largest absolute Gasteiger partial charge is 0.504 e. The average molecular weight is 575 g/mol. The van der Waals surface area contributed by atoms with Gasteiger partial charge in [0.15, 0.2) is 34.6 Å². The molecule has 0 radical (unpaired) electrons. The summed E-state index contributed by atoms with van der Waals surface area (Å²) in [6.07, 6.45) is 6.49. The van der Waals surface area contributed by atoms with Crippen molar-refractivity contribution < 1.29 is 39.2 Å². The van der Waals surface area contributed by atoms with Crippen molar-refractivity contribution in [3.05, 3.63) is 95.1 Å². The number of carbonyl (C=O) groups excluding carboxylic acids is 2. The molecule has 0 fully saturated rings. The van der Waals surface area contributed by atoms with Crippen molar-refractivity contribution in [3.63, 3.8) is 0 Å². The highest BCUT2D eigenvalue weighted by Gasteiger charge is 2.13. The maximum absolute atomic E-state index is 11.9. The molecule has 1 unspecified atom stereocenters. The van der Waals surface area contributed by atoms with Gasteiger partial charge in [-0.15, -0.1) is 0 Å². The van der Waals surface area contributed by atoms with Gasteiger partial charge in [-0.3, -0.25) is 14.4 Å². The standard InChI is InChI=1S/C21H20O6.C13H18O2/c1-26-20-11-14(5-9-18(20)24)3-7-16(22)13-17(23)8-4-15-6-10-19(25)21(12-15)27-2;1-9(2)8-11-4-6-12(7-5-11)10(3)13(14)15/h3-12,24-25H,13H2,1-2H3;4-7,9-10H,8H2,1-3H3,(H,14,15)/b7-3+,8-4+;. The first kappa shape index (κ1) is 33.4. The maximum Gasteiger partial charge on any atom is 0.310 e. The molecule has 42 heavy (non-hydrogen) atoms. The number of phenolic OH excluding ortho intramolecular Hbond substituents is 2. The summed E-state index contributed by atoms with van der Waals surface area (Å²) in [5.74, 6) is -0.641. The Bertz CT molecular complexity index is 1340. The third-order valence-electron chi connectivity index (χ3n) is 6.17. The number of rotatable bonds is 12. The van der Waals surface area contributed by atoms with E-state index in [4.69, 9.17) is 14.6 Å². The number of methoxy groups -OCH3 is 2. The maximum atomic E-state index is 11.9. The van der Waals surface area contributed by atoms with Gasteiger partial charge >= 0.3 is 5.97 Å². The van der Waals surface area contributed by atoms with Gasteiger partial charge in [0.25, 0.3) is 0 Å². The highest BCUT2D eigenvalue weighted by atomic mass is 16.5. The van der Waals surface area contributed by atoms with Gasteiger partial charge in [0, 0.05) is 0 Å². The van der Waals surface area contributed by atoms with Crippen molar-refractivity contribution in [1.82, 2.24) is 0 Å². The zero-order valence-corrected chi connectivity index (χ0v) is 24.5. The predicted octanol–water partition coefficient (Wildman–Crippen LogP) is 6.44. The number of hydrogen-bond donors (Lipinski definition) is 3. The summed E-state index contributed by atoms with van der Waals surface area (Å²) in [4.78, 5) is 34.6. The molecule has 222 valence electrons. The number of carbonyl (C=O) groups is 3. The molecule has 0 saturated heterocycles. The molecule has 0 heterocycles. The first-order valence-electron chi connectivity index (χ1n) is 13.4. The number of benzene rings is 3. The lowest BCUT2D eigenvalue weighted by atomic mass is 9.97. The molecule has 3 aromatic rings. The molecule has 0 bridgehead atoms. The summed E-state index contributed by atoms with van der Waals surface area (Å²) in [5, 5.41) is 27.9. The second kappa shape index (κ2) is 16.4. The van der Waals surface area contributed by atoms with Gasteiger partial charge < -0.3 is 24.8 Å². The Hall–Kier alpha value is -4.85. The Morgan fingerprint density at radius 1 is 0.738 bits per heavy atom. The van der Waals surface area contributed by atoms with E-state index in [0.29, 0.717) is 28.5 Å². The van der Waals surface area contributed by atoms with Gasteiger partial charge in [-0.1, -0.05) is 62.4 Å². The van der Waals surface area contributed by atoms with Crippen molar-refractivity contribution >= 4 is 29.7 Å². The summed E-state index contributed by atoms with van der Waals surface area (Å²) in [6, 6.07) is 17.2. The van der Waals surface area contributed by atoms with Gasteiger partial charge in [-0.2, -0.15) is 0 Å². The number of aliphatic carboxylic acids is 1. The highest BCUT2D eigenvalue weighted by Crippen LogP contribution is 2.27. The van der Waals surface area contributed by atoms with E-state index >= 15 is 0 Å². The first-order chi connectivity index (χ1) is 19.9. The van der Waals surface area contributed by atoms with Crippen LogP contribution in [-0.4, -0.2) is 47.1 Å². The van der Waals surface area contributed by atoms with Crippen LogP contribution in [0.5, 0.6) is 23.0 Å². The van der Waals surface area contributed by atoms with E-state index in [2.05, 4.69) is 13.8 Å². The Labute approximate surface area is 246 Å². The van der Waals surface area contributed by atoms with Crippen LogP contribution < -0.4 is 9.47 Å². The third kappa shape index (κ3) is 11.0. The van der Waals surface area contributed by atoms with E-state index in [9.17, 15) is 24.6 Å². The minimum atomic E-state index is -0.772. The van der Waals surface area contributed by atoms with Crippen LogP contribution in [0.15, 0.2) is 72.8 Å². The first-order valence-corrected chi connectivity index (χ1v) is 13.4. The monoisotopic (exact) mass is 574 g/mol. The van der Waals surface area contributed by atoms with Crippen LogP contribution in [0.4, 0.5) is 0 Å². The Morgan fingerprint density at radius 3 is 1.57 bits per heavy atom. The molecular weight excluding hydrogens is 536 g/mol. The summed E-state index contributed by atoms with van der Waals surface area (Å²) in [7, 11) is 2.87. The number of aromatic hydroxyl groups is 2. The van der Waals surface area contributed by atoms with Crippen LogP contribution >= 0.6 is 0 Å². The Morgan fingerprint density at radius 2 is 1.19 bits per heavy atom. The third-order valence-corrected chi connectivity index (χ3v) is 6.17. The van der Waals surface area contributed by atoms with Crippen molar-refractivity contribution in [2.45, 2.75) is 39.5 Å². The molecule has 0 aliphatic carbocycles. The lowest BCUT2D eigenvalue weighted by molar-refractivity contribution is -0.138. The lowest BCUT2D eigenvalue weighted by Crippen LogP contribution is -2.07. The van der Waals surface area contributed by atoms with Gasteiger partial charge in [0.1, 0.15) is 0 Å². The van der Waals surface area contributed by atoms with Crippen LogP contribution in [0.2, 0.25) is 0 Å². The number of carboxylic acids is 1. The van der Waals surface area contributed by atoms with Crippen molar-refractivity contribution in [2.24, 2.45) is 5.92 Å². The summed E-state index contributed by atoms with van der Waals surface area (Å²) in [5.41, 5.74) is 3.47. The molecular formula is C34H38O8. The van der Waals surface area contributed by atoms with E-state index in [1.54, 1.807) is 43.3 Å². The quantitative estimate of drug-likeness (QED) is 0.166. The summed E-state index contributed by atoms with van der Waals surface area (Å²) >= 11 is 0. The number of hydrogen-bond acceptors (Lipinski definition) is 7. The predicted molar refractivity (Wildman–Crippen MR) is 163 cm³/mol. The van der Waals surface area contributed by atoms with Gasteiger partial charge in [-0.05, 0) is 77.9 Å². The normalized spacial score (nSPS) is 11.7. The van der Waals surface area contributed by atoms with Crippen LogP contribution in [0.1, 0.15) is 55.4 Å². The zero-order chi connectivity index (χ0) is 31.2. The van der Waals surface area contributed by atoms with Gasteiger partial charge in [0.2, 0.25) is 0 Å². The molecule has 0 aliphatic heterocycles. The Kier molecular flexibility index (Phi) is 13.0. The number of allylic oxidation sites excluding steroid dienone is 2. The molecule has 8 heteroatoms. The van der Waals surface area contributed by atoms with E-state index in [1.807, 2.05) is 24.3 Å². The van der Waals surface area contributed by atoms with Crippen LogP contribution in [0.25, 0.3) is 12.2 Å².